The van der Waals surface area contributed by atoms with Crippen LogP contribution in [0.1, 0.15) is 52.4 Å². The number of thioether (sulfide) groups is 1. The molecule has 3 atom stereocenters. The highest BCUT2D eigenvalue weighted by Crippen LogP contribution is 2.35. The van der Waals surface area contributed by atoms with Gasteiger partial charge in [-0.05, 0) is 44.9 Å². The van der Waals surface area contributed by atoms with Crippen molar-refractivity contribution in [1.82, 2.24) is 4.90 Å². The summed E-state index contributed by atoms with van der Waals surface area (Å²) in [6.07, 6.45) is 10.1. The average Bonchev–Trinajstić information content (AvgIpc) is 2.58. The lowest BCUT2D eigenvalue weighted by Crippen LogP contribution is -2.56. The molecule has 0 heterocycles. The third-order valence-electron chi connectivity index (χ3n) is 4.95. The van der Waals surface area contributed by atoms with Crippen LogP contribution >= 0.6 is 11.8 Å². The zero-order valence-corrected chi connectivity index (χ0v) is 13.6. The summed E-state index contributed by atoms with van der Waals surface area (Å²) in [6.45, 7) is 5.52. The number of hydrogen-bond donors (Lipinski definition) is 1. The molecule has 1 fully saturated rings. The van der Waals surface area contributed by atoms with Gasteiger partial charge in [-0.1, -0.05) is 26.7 Å². The van der Waals surface area contributed by atoms with E-state index >= 15 is 0 Å². The van der Waals surface area contributed by atoms with E-state index in [1.165, 1.54) is 44.3 Å². The molecule has 2 N–H and O–H groups in total. The summed E-state index contributed by atoms with van der Waals surface area (Å²) in [7, 11) is 2.31. The molecular formula is C15H32N2S. The second kappa shape index (κ2) is 7.76. The number of rotatable bonds is 6. The van der Waals surface area contributed by atoms with Crippen molar-refractivity contribution >= 4 is 11.8 Å². The molecule has 2 nitrogen and oxygen atoms in total. The van der Waals surface area contributed by atoms with Gasteiger partial charge in [0.05, 0.1) is 0 Å². The van der Waals surface area contributed by atoms with Crippen molar-refractivity contribution in [3.8, 4) is 0 Å². The summed E-state index contributed by atoms with van der Waals surface area (Å²) < 4.78 is 0. The molecule has 1 saturated carbocycles. The first-order valence-corrected chi connectivity index (χ1v) is 8.91. The van der Waals surface area contributed by atoms with Crippen LogP contribution in [0.4, 0.5) is 0 Å². The monoisotopic (exact) mass is 272 g/mol. The standard InChI is InChI=1S/C15H32N2S/c1-5-14(11-18-4)17(3)15(12-16)9-6-7-13(2)8-10-15/h13-14H,5-12,16H2,1-4H3. The molecule has 3 unspecified atom stereocenters. The molecule has 0 saturated heterocycles. The van der Waals surface area contributed by atoms with Crippen molar-refractivity contribution in [2.45, 2.75) is 64.0 Å². The zero-order valence-electron chi connectivity index (χ0n) is 12.7. The predicted octanol–water partition coefficient (Wildman–Crippen LogP) is 3.36. The topological polar surface area (TPSA) is 29.3 Å². The van der Waals surface area contributed by atoms with E-state index in [1.54, 1.807) is 0 Å². The third-order valence-corrected chi connectivity index (χ3v) is 5.67. The van der Waals surface area contributed by atoms with Crippen molar-refractivity contribution in [1.29, 1.82) is 0 Å². The van der Waals surface area contributed by atoms with Gasteiger partial charge in [0.25, 0.3) is 0 Å². The van der Waals surface area contributed by atoms with E-state index in [-0.39, 0.29) is 5.54 Å². The van der Waals surface area contributed by atoms with E-state index in [4.69, 9.17) is 5.73 Å². The Morgan fingerprint density at radius 2 is 2.11 bits per heavy atom. The minimum atomic E-state index is 0.265. The number of likely N-dealkylation sites (N-methyl/N-ethyl adjacent to an activating group) is 1. The second-order valence-electron chi connectivity index (χ2n) is 6.09. The summed E-state index contributed by atoms with van der Waals surface area (Å²) in [5, 5.41) is 0. The lowest BCUT2D eigenvalue weighted by molar-refractivity contribution is 0.0689. The van der Waals surface area contributed by atoms with Gasteiger partial charge in [-0.3, -0.25) is 4.90 Å². The maximum absolute atomic E-state index is 6.19. The van der Waals surface area contributed by atoms with E-state index in [0.717, 1.165) is 12.5 Å². The van der Waals surface area contributed by atoms with Gasteiger partial charge in [0.1, 0.15) is 0 Å². The quantitative estimate of drug-likeness (QED) is 0.752. The lowest BCUT2D eigenvalue weighted by Gasteiger charge is -2.45. The smallest absolute Gasteiger partial charge is 0.0332 e. The van der Waals surface area contributed by atoms with Crippen LogP contribution in [0, 0.1) is 5.92 Å². The lowest BCUT2D eigenvalue weighted by atomic mass is 9.86. The van der Waals surface area contributed by atoms with Crippen LogP contribution in [0.3, 0.4) is 0 Å². The van der Waals surface area contributed by atoms with Gasteiger partial charge < -0.3 is 5.73 Å². The fourth-order valence-corrected chi connectivity index (χ4v) is 4.19. The van der Waals surface area contributed by atoms with Crippen molar-refractivity contribution in [3.05, 3.63) is 0 Å². The first kappa shape index (κ1) is 16.3. The van der Waals surface area contributed by atoms with Crippen molar-refractivity contribution < 1.29 is 0 Å². The molecule has 0 spiro atoms. The molecule has 108 valence electrons. The first-order valence-electron chi connectivity index (χ1n) is 7.51. The predicted molar refractivity (Wildman–Crippen MR) is 84.3 cm³/mol. The third kappa shape index (κ3) is 3.88. The van der Waals surface area contributed by atoms with Crippen LogP contribution in [0.25, 0.3) is 0 Å². The molecule has 3 heteroatoms. The molecule has 1 rings (SSSR count). The zero-order chi connectivity index (χ0) is 13.6. The van der Waals surface area contributed by atoms with Gasteiger partial charge in [0.2, 0.25) is 0 Å². The SMILES string of the molecule is CCC(CSC)N(C)C1(CN)CCCC(C)CC1. The van der Waals surface area contributed by atoms with Crippen LogP contribution in [-0.4, -0.2) is 42.1 Å². The number of nitrogens with zero attached hydrogens (tertiary/aromatic N) is 1. The van der Waals surface area contributed by atoms with Crippen molar-refractivity contribution in [3.63, 3.8) is 0 Å². The maximum Gasteiger partial charge on any atom is 0.0332 e. The first-order chi connectivity index (χ1) is 8.59. The molecule has 0 aromatic heterocycles. The van der Waals surface area contributed by atoms with Gasteiger partial charge in [0.15, 0.2) is 0 Å². The van der Waals surface area contributed by atoms with Gasteiger partial charge in [0, 0.05) is 23.9 Å². The van der Waals surface area contributed by atoms with Crippen molar-refractivity contribution in [2.24, 2.45) is 11.7 Å². The number of nitrogens with two attached hydrogens (primary N) is 1. The van der Waals surface area contributed by atoms with Gasteiger partial charge in [-0.15, -0.1) is 0 Å². The van der Waals surface area contributed by atoms with Crippen LogP contribution in [-0.2, 0) is 0 Å². The Balaban J connectivity index is 2.77. The average molecular weight is 273 g/mol. The molecule has 0 radical (unpaired) electrons. The summed E-state index contributed by atoms with van der Waals surface area (Å²) in [5.74, 6) is 2.11. The summed E-state index contributed by atoms with van der Waals surface area (Å²) in [5.41, 5.74) is 6.46. The minimum absolute atomic E-state index is 0.265. The Kier molecular flexibility index (Phi) is 7.04. The van der Waals surface area contributed by atoms with Crippen LogP contribution in [0.2, 0.25) is 0 Å². The maximum atomic E-state index is 6.19. The highest BCUT2D eigenvalue weighted by Gasteiger charge is 2.37. The van der Waals surface area contributed by atoms with Gasteiger partial charge >= 0.3 is 0 Å². The largest absolute Gasteiger partial charge is 0.329 e. The summed E-state index contributed by atoms with van der Waals surface area (Å²) in [4.78, 5) is 2.63. The molecule has 1 aliphatic carbocycles. The van der Waals surface area contributed by atoms with E-state index in [2.05, 4.69) is 32.1 Å². The Labute approximate surface area is 118 Å². The molecule has 0 aromatic carbocycles. The van der Waals surface area contributed by atoms with E-state index in [0.29, 0.717) is 6.04 Å². The molecule has 18 heavy (non-hydrogen) atoms. The Bertz CT molecular complexity index is 235. The van der Waals surface area contributed by atoms with E-state index < -0.39 is 0 Å². The summed E-state index contributed by atoms with van der Waals surface area (Å²) in [6, 6.07) is 0.678. The normalized spacial score (nSPS) is 31.3. The van der Waals surface area contributed by atoms with Gasteiger partial charge in [-0.2, -0.15) is 11.8 Å². The fourth-order valence-electron chi connectivity index (χ4n) is 3.35. The summed E-state index contributed by atoms with van der Waals surface area (Å²) >= 11 is 1.96. The second-order valence-corrected chi connectivity index (χ2v) is 7.00. The highest BCUT2D eigenvalue weighted by molar-refractivity contribution is 7.98. The Morgan fingerprint density at radius 3 is 2.67 bits per heavy atom. The fraction of sp³-hybridized carbons (Fsp3) is 1.00. The molecule has 0 aliphatic heterocycles. The van der Waals surface area contributed by atoms with Crippen LogP contribution in [0.5, 0.6) is 0 Å². The molecule has 0 amide bonds. The molecular weight excluding hydrogens is 240 g/mol. The van der Waals surface area contributed by atoms with Crippen LogP contribution in [0.15, 0.2) is 0 Å². The minimum Gasteiger partial charge on any atom is -0.329 e. The molecule has 0 bridgehead atoms. The van der Waals surface area contributed by atoms with Gasteiger partial charge in [-0.25, -0.2) is 0 Å². The number of hydrogen-bond acceptors (Lipinski definition) is 3. The Hall–Kier alpha value is 0.270. The van der Waals surface area contributed by atoms with Crippen molar-refractivity contribution in [2.75, 3.05) is 25.6 Å². The van der Waals surface area contributed by atoms with Crippen LogP contribution < -0.4 is 5.73 Å². The van der Waals surface area contributed by atoms with E-state index in [9.17, 15) is 0 Å². The highest BCUT2D eigenvalue weighted by atomic mass is 32.2. The molecule has 0 aromatic rings. The Morgan fingerprint density at radius 1 is 1.39 bits per heavy atom. The van der Waals surface area contributed by atoms with E-state index in [1.807, 2.05) is 11.8 Å². The molecule has 1 aliphatic rings.